The highest BCUT2D eigenvalue weighted by Crippen LogP contribution is 2.36. The van der Waals surface area contributed by atoms with Crippen LogP contribution in [0, 0.1) is 5.41 Å². The molecule has 2 aliphatic rings. The van der Waals surface area contributed by atoms with E-state index in [9.17, 15) is 4.79 Å². The largest absolute Gasteiger partial charge is 0.338 e. The molecular formula is C14H18BrClN2O. The summed E-state index contributed by atoms with van der Waals surface area (Å²) in [6, 6.07) is 7.64. The van der Waals surface area contributed by atoms with Gasteiger partial charge >= 0.3 is 0 Å². The van der Waals surface area contributed by atoms with E-state index in [1.54, 1.807) is 0 Å². The lowest BCUT2D eigenvalue weighted by atomic mass is 9.86. The van der Waals surface area contributed by atoms with Gasteiger partial charge in [0.15, 0.2) is 0 Å². The van der Waals surface area contributed by atoms with Crippen LogP contribution in [0.4, 0.5) is 0 Å². The van der Waals surface area contributed by atoms with E-state index in [2.05, 4.69) is 21.2 Å². The molecule has 1 aromatic rings. The molecule has 2 aliphatic heterocycles. The first kappa shape index (κ1) is 14.8. The van der Waals surface area contributed by atoms with Crippen LogP contribution in [-0.4, -0.2) is 37.0 Å². The zero-order chi connectivity index (χ0) is 12.6. The Kier molecular flexibility index (Phi) is 4.54. The lowest BCUT2D eigenvalue weighted by Crippen LogP contribution is -2.33. The first-order valence-corrected chi connectivity index (χ1v) is 7.23. The summed E-state index contributed by atoms with van der Waals surface area (Å²) in [5.74, 6) is 0.172. The van der Waals surface area contributed by atoms with Crippen LogP contribution >= 0.6 is 28.3 Å². The third kappa shape index (κ3) is 2.96. The van der Waals surface area contributed by atoms with Crippen LogP contribution in [0.15, 0.2) is 28.7 Å². The minimum absolute atomic E-state index is 0. The summed E-state index contributed by atoms with van der Waals surface area (Å²) in [5.41, 5.74) is 1.14. The number of hydrogen-bond donors (Lipinski definition) is 1. The maximum absolute atomic E-state index is 12.4. The molecule has 5 heteroatoms. The number of likely N-dealkylation sites (tertiary alicyclic amines) is 1. The van der Waals surface area contributed by atoms with Crippen molar-refractivity contribution in [1.29, 1.82) is 0 Å². The average molecular weight is 346 g/mol. The van der Waals surface area contributed by atoms with Gasteiger partial charge in [-0.3, -0.25) is 4.79 Å². The summed E-state index contributed by atoms with van der Waals surface area (Å²) in [6.07, 6.45) is 2.35. The number of benzene rings is 1. The second-order valence-corrected chi connectivity index (χ2v) is 6.33. The van der Waals surface area contributed by atoms with Crippen LogP contribution in [0.5, 0.6) is 0 Å². The fourth-order valence-corrected chi connectivity index (χ4v) is 3.29. The highest BCUT2D eigenvalue weighted by molar-refractivity contribution is 9.10. The van der Waals surface area contributed by atoms with E-state index in [0.717, 1.165) is 42.6 Å². The predicted octanol–water partition coefficient (Wildman–Crippen LogP) is 2.70. The SMILES string of the molecule is Cl.O=C(c1ccc(Br)cc1)N1CCC2(CCNC2)C1. The summed E-state index contributed by atoms with van der Waals surface area (Å²) in [5, 5.41) is 3.42. The summed E-state index contributed by atoms with van der Waals surface area (Å²) >= 11 is 3.39. The van der Waals surface area contributed by atoms with E-state index >= 15 is 0 Å². The molecule has 0 aliphatic carbocycles. The second kappa shape index (κ2) is 5.81. The minimum Gasteiger partial charge on any atom is -0.338 e. The molecule has 0 radical (unpaired) electrons. The third-order valence-electron chi connectivity index (χ3n) is 4.15. The van der Waals surface area contributed by atoms with Crippen LogP contribution in [0.1, 0.15) is 23.2 Å². The van der Waals surface area contributed by atoms with Gasteiger partial charge in [-0.15, -0.1) is 12.4 Å². The Balaban J connectivity index is 0.00000133. The van der Waals surface area contributed by atoms with E-state index in [4.69, 9.17) is 0 Å². The van der Waals surface area contributed by atoms with E-state index in [0.29, 0.717) is 5.41 Å². The molecule has 0 aromatic heterocycles. The molecule has 2 saturated heterocycles. The van der Waals surface area contributed by atoms with Crippen molar-refractivity contribution in [1.82, 2.24) is 10.2 Å². The van der Waals surface area contributed by atoms with Gasteiger partial charge < -0.3 is 10.2 Å². The zero-order valence-corrected chi connectivity index (χ0v) is 13.1. The normalized spacial score (nSPS) is 25.6. The molecule has 1 spiro atoms. The maximum Gasteiger partial charge on any atom is 0.253 e. The molecule has 0 saturated carbocycles. The van der Waals surface area contributed by atoms with Crippen molar-refractivity contribution < 1.29 is 4.79 Å². The molecule has 104 valence electrons. The van der Waals surface area contributed by atoms with Crippen molar-refractivity contribution >= 4 is 34.2 Å². The molecule has 19 heavy (non-hydrogen) atoms. The van der Waals surface area contributed by atoms with E-state index in [1.807, 2.05) is 29.2 Å². The number of rotatable bonds is 1. The number of nitrogens with one attached hydrogen (secondary N) is 1. The summed E-state index contributed by atoms with van der Waals surface area (Å²) in [7, 11) is 0. The van der Waals surface area contributed by atoms with Gasteiger partial charge in [-0.1, -0.05) is 15.9 Å². The number of carbonyl (C=O) groups excluding carboxylic acids is 1. The first-order valence-electron chi connectivity index (χ1n) is 6.44. The molecule has 0 bridgehead atoms. The number of hydrogen-bond acceptors (Lipinski definition) is 2. The molecule has 3 nitrogen and oxygen atoms in total. The zero-order valence-electron chi connectivity index (χ0n) is 10.7. The number of amides is 1. The fraction of sp³-hybridized carbons (Fsp3) is 0.500. The lowest BCUT2D eigenvalue weighted by molar-refractivity contribution is 0.0775. The Hall–Kier alpha value is -0.580. The van der Waals surface area contributed by atoms with Crippen molar-refractivity contribution in [3.05, 3.63) is 34.3 Å². The Morgan fingerprint density at radius 3 is 2.63 bits per heavy atom. The monoisotopic (exact) mass is 344 g/mol. The summed E-state index contributed by atoms with van der Waals surface area (Å²) in [4.78, 5) is 14.4. The first-order chi connectivity index (χ1) is 8.69. The van der Waals surface area contributed by atoms with Crippen LogP contribution in [0.25, 0.3) is 0 Å². The Labute approximate surface area is 128 Å². The maximum atomic E-state index is 12.4. The number of halogens is 2. The van der Waals surface area contributed by atoms with Gasteiger partial charge in [0, 0.05) is 35.1 Å². The van der Waals surface area contributed by atoms with Crippen LogP contribution < -0.4 is 5.32 Å². The molecule has 1 N–H and O–H groups in total. The van der Waals surface area contributed by atoms with E-state index in [-0.39, 0.29) is 18.3 Å². The second-order valence-electron chi connectivity index (χ2n) is 5.41. The molecule has 2 heterocycles. The molecular weight excluding hydrogens is 328 g/mol. The lowest BCUT2D eigenvalue weighted by Gasteiger charge is -2.22. The van der Waals surface area contributed by atoms with Crippen LogP contribution in [0.3, 0.4) is 0 Å². The summed E-state index contributed by atoms with van der Waals surface area (Å²) in [6.45, 7) is 3.98. The van der Waals surface area contributed by atoms with E-state index < -0.39 is 0 Å². The topological polar surface area (TPSA) is 32.3 Å². The Morgan fingerprint density at radius 2 is 2.00 bits per heavy atom. The average Bonchev–Trinajstić information content (AvgIpc) is 3.01. The van der Waals surface area contributed by atoms with Gasteiger partial charge in [0.2, 0.25) is 0 Å². The fourth-order valence-electron chi connectivity index (χ4n) is 3.03. The molecule has 1 amide bonds. The van der Waals surface area contributed by atoms with Gasteiger partial charge in [-0.2, -0.15) is 0 Å². The van der Waals surface area contributed by atoms with Gasteiger partial charge in [0.25, 0.3) is 5.91 Å². The third-order valence-corrected chi connectivity index (χ3v) is 4.68. The van der Waals surface area contributed by atoms with Gasteiger partial charge in [-0.05, 0) is 43.7 Å². The molecule has 1 unspecified atom stereocenters. The predicted molar refractivity (Wildman–Crippen MR) is 81.8 cm³/mol. The van der Waals surface area contributed by atoms with Crippen molar-refractivity contribution in [3.8, 4) is 0 Å². The van der Waals surface area contributed by atoms with Crippen molar-refractivity contribution in [2.24, 2.45) is 5.41 Å². The molecule has 1 atom stereocenters. The Morgan fingerprint density at radius 1 is 1.26 bits per heavy atom. The van der Waals surface area contributed by atoms with Gasteiger partial charge in [0.1, 0.15) is 0 Å². The summed E-state index contributed by atoms with van der Waals surface area (Å²) < 4.78 is 1.01. The minimum atomic E-state index is 0. The van der Waals surface area contributed by atoms with Crippen LogP contribution in [-0.2, 0) is 0 Å². The van der Waals surface area contributed by atoms with Crippen molar-refractivity contribution in [2.75, 3.05) is 26.2 Å². The molecule has 1 aromatic carbocycles. The van der Waals surface area contributed by atoms with Crippen molar-refractivity contribution in [2.45, 2.75) is 12.8 Å². The van der Waals surface area contributed by atoms with Gasteiger partial charge in [-0.25, -0.2) is 0 Å². The van der Waals surface area contributed by atoms with E-state index in [1.165, 1.54) is 6.42 Å². The highest BCUT2D eigenvalue weighted by Gasteiger charge is 2.41. The van der Waals surface area contributed by atoms with Crippen molar-refractivity contribution in [3.63, 3.8) is 0 Å². The molecule has 2 fully saturated rings. The van der Waals surface area contributed by atoms with Gasteiger partial charge in [0.05, 0.1) is 0 Å². The number of nitrogens with zero attached hydrogens (tertiary/aromatic N) is 1. The van der Waals surface area contributed by atoms with Crippen LogP contribution in [0.2, 0.25) is 0 Å². The quantitative estimate of drug-likeness (QED) is 0.849. The smallest absolute Gasteiger partial charge is 0.253 e. The standard InChI is InChI=1S/C14H17BrN2O.ClH/c15-12-3-1-11(2-4-12)13(18)17-8-6-14(10-17)5-7-16-9-14;/h1-4,16H,5-10H2;1H. The molecule has 3 rings (SSSR count). The Bertz CT molecular complexity index is 457. The number of carbonyl (C=O) groups is 1. The highest BCUT2D eigenvalue weighted by atomic mass is 79.9.